The zero-order chi connectivity index (χ0) is 14.3. The molecule has 3 heteroatoms. The molecule has 19 heavy (non-hydrogen) atoms. The molecule has 2 N–H and O–H groups in total. The van der Waals surface area contributed by atoms with Crippen LogP contribution in [-0.4, -0.2) is 22.6 Å². The van der Waals surface area contributed by atoms with E-state index in [1.807, 2.05) is 12.4 Å². The zero-order valence-electron chi connectivity index (χ0n) is 13.3. The molecular weight excluding hydrogens is 234 g/mol. The summed E-state index contributed by atoms with van der Waals surface area (Å²) >= 11 is 0. The van der Waals surface area contributed by atoms with Crippen LogP contribution in [0.2, 0.25) is 0 Å². The maximum absolute atomic E-state index is 4.35. The Morgan fingerprint density at radius 3 is 2.63 bits per heavy atom. The van der Waals surface area contributed by atoms with Crippen LogP contribution in [0.25, 0.3) is 0 Å². The Morgan fingerprint density at radius 1 is 1.37 bits per heavy atom. The van der Waals surface area contributed by atoms with Crippen molar-refractivity contribution in [3.8, 4) is 0 Å². The van der Waals surface area contributed by atoms with E-state index in [1.54, 1.807) is 0 Å². The highest BCUT2D eigenvalue weighted by atomic mass is 14.9. The lowest BCUT2D eigenvalue weighted by atomic mass is 9.82. The Hall–Kier alpha value is -0.830. The number of aromatic amines is 1. The summed E-state index contributed by atoms with van der Waals surface area (Å²) in [4.78, 5) is 7.56. The van der Waals surface area contributed by atoms with Gasteiger partial charge in [0.1, 0.15) is 5.82 Å². The van der Waals surface area contributed by atoms with Gasteiger partial charge in [-0.15, -0.1) is 0 Å². The molecule has 0 spiro atoms. The molecule has 0 aliphatic heterocycles. The van der Waals surface area contributed by atoms with Gasteiger partial charge in [-0.3, -0.25) is 0 Å². The Balaban J connectivity index is 2.48. The first-order valence-electron chi connectivity index (χ1n) is 7.62. The molecule has 0 radical (unpaired) electrons. The van der Waals surface area contributed by atoms with Crippen LogP contribution in [0.1, 0.15) is 59.7 Å². The van der Waals surface area contributed by atoms with Gasteiger partial charge in [-0.25, -0.2) is 4.98 Å². The molecule has 1 heterocycles. The van der Waals surface area contributed by atoms with Gasteiger partial charge in [-0.1, -0.05) is 34.6 Å². The van der Waals surface area contributed by atoms with Crippen LogP contribution < -0.4 is 5.32 Å². The van der Waals surface area contributed by atoms with E-state index in [0.717, 1.165) is 24.7 Å². The molecule has 0 aliphatic rings. The number of aromatic nitrogens is 2. The number of imidazole rings is 1. The first kappa shape index (κ1) is 16.2. The Kier molecular flexibility index (Phi) is 6.56. The third-order valence-electron chi connectivity index (χ3n) is 3.33. The monoisotopic (exact) mass is 265 g/mol. The molecule has 1 aromatic heterocycles. The molecule has 0 amide bonds. The van der Waals surface area contributed by atoms with E-state index in [2.05, 4.69) is 49.9 Å². The normalized spacial score (nSPS) is 15.4. The van der Waals surface area contributed by atoms with Crippen molar-refractivity contribution in [1.29, 1.82) is 0 Å². The lowest BCUT2D eigenvalue weighted by Crippen LogP contribution is -2.34. The van der Waals surface area contributed by atoms with Gasteiger partial charge in [-0.2, -0.15) is 0 Å². The standard InChI is InChI=1S/C16H31N3/c1-6-7-17-14(11-15-18-8-9-19-15)10-13(2)12-16(3,4)5/h8-9,13-14,17H,6-7,10-12H2,1-5H3,(H,18,19). The van der Waals surface area contributed by atoms with Crippen LogP contribution >= 0.6 is 0 Å². The van der Waals surface area contributed by atoms with Gasteiger partial charge in [0.15, 0.2) is 0 Å². The molecular formula is C16H31N3. The summed E-state index contributed by atoms with van der Waals surface area (Å²) in [5.41, 5.74) is 0.416. The summed E-state index contributed by atoms with van der Waals surface area (Å²) in [6.07, 6.45) is 8.42. The van der Waals surface area contributed by atoms with Crippen molar-refractivity contribution in [3.63, 3.8) is 0 Å². The van der Waals surface area contributed by atoms with E-state index in [4.69, 9.17) is 0 Å². The predicted octanol–water partition coefficient (Wildman–Crippen LogP) is 3.78. The Morgan fingerprint density at radius 2 is 2.11 bits per heavy atom. The Bertz CT molecular complexity index is 324. The van der Waals surface area contributed by atoms with Crippen molar-refractivity contribution in [2.45, 2.75) is 66.3 Å². The predicted molar refractivity (Wildman–Crippen MR) is 82.2 cm³/mol. The van der Waals surface area contributed by atoms with E-state index < -0.39 is 0 Å². The van der Waals surface area contributed by atoms with E-state index in [1.165, 1.54) is 19.3 Å². The topological polar surface area (TPSA) is 40.7 Å². The smallest absolute Gasteiger partial charge is 0.107 e. The van der Waals surface area contributed by atoms with Crippen molar-refractivity contribution in [3.05, 3.63) is 18.2 Å². The number of hydrogen-bond acceptors (Lipinski definition) is 2. The number of nitrogens with zero attached hydrogens (tertiary/aromatic N) is 1. The van der Waals surface area contributed by atoms with Gasteiger partial charge in [0, 0.05) is 24.9 Å². The fourth-order valence-electron chi connectivity index (χ4n) is 2.84. The zero-order valence-corrected chi connectivity index (χ0v) is 13.3. The lowest BCUT2D eigenvalue weighted by Gasteiger charge is -2.27. The van der Waals surface area contributed by atoms with Gasteiger partial charge in [0.05, 0.1) is 0 Å². The van der Waals surface area contributed by atoms with Crippen molar-refractivity contribution in [2.75, 3.05) is 6.54 Å². The second kappa shape index (κ2) is 7.68. The van der Waals surface area contributed by atoms with E-state index in [0.29, 0.717) is 11.5 Å². The highest BCUT2D eigenvalue weighted by Crippen LogP contribution is 2.27. The van der Waals surface area contributed by atoms with Crippen LogP contribution in [0.3, 0.4) is 0 Å². The summed E-state index contributed by atoms with van der Waals surface area (Å²) in [5, 5.41) is 3.66. The van der Waals surface area contributed by atoms with Crippen LogP contribution in [0.15, 0.2) is 12.4 Å². The molecule has 0 fully saturated rings. The SMILES string of the molecule is CCCNC(Cc1ncc[nH]1)CC(C)CC(C)(C)C. The average molecular weight is 265 g/mol. The molecule has 2 unspecified atom stereocenters. The van der Waals surface area contributed by atoms with Crippen molar-refractivity contribution in [1.82, 2.24) is 15.3 Å². The van der Waals surface area contributed by atoms with E-state index in [9.17, 15) is 0 Å². The minimum Gasteiger partial charge on any atom is -0.349 e. The minimum atomic E-state index is 0.416. The number of H-pyrrole nitrogens is 1. The first-order chi connectivity index (χ1) is 8.90. The summed E-state index contributed by atoms with van der Waals surface area (Å²) < 4.78 is 0. The molecule has 110 valence electrons. The van der Waals surface area contributed by atoms with Crippen molar-refractivity contribution in [2.24, 2.45) is 11.3 Å². The van der Waals surface area contributed by atoms with Gasteiger partial charge >= 0.3 is 0 Å². The molecule has 1 aromatic rings. The Labute approximate surface area is 118 Å². The van der Waals surface area contributed by atoms with Gasteiger partial charge in [-0.05, 0) is 37.1 Å². The fourth-order valence-corrected chi connectivity index (χ4v) is 2.84. The third-order valence-corrected chi connectivity index (χ3v) is 3.33. The maximum atomic E-state index is 4.35. The molecule has 2 atom stereocenters. The quantitative estimate of drug-likeness (QED) is 0.751. The number of nitrogens with one attached hydrogen (secondary N) is 2. The van der Waals surface area contributed by atoms with Gasteiger partial charge in [0.2, 0.25) is 0 Å². The third kappa shape index (κ3) is 7.36. The molecule has 0 saturated heterocycles. The molecule has 0 aliphatic carbocycles. The molecule has 0 saturated carbocycles. The van der Waals surface area contributed by atoms with E-state index >= 15 is 0 Å². The van der Waals surface area contributed by atoms with Crippen LogP contribution in [-0.2, 0) is 6.42 Å². The summed E-state index contributed by atoms with van der Waals surface area (Å²) in [6, 6.07) is 0.531. The highest BCUT2D eigenvalue weighted by Gasteiger charge is 2.19. The molecule has 1 rings (SSSR count). The molecule has 0 aromatic carbocycles. The van der Waals surface area contributed by atoms with Gasteiger partial charge < -0.3 is 10.3 Å². The second-order valence-electron chi connectivity index (χ2n) is 7.00. The summed E-state index contributed by atoms with van der Waals surface area (Å²) in [5.74, 6) is 1.83. The van der Waals surface area contributed by atoms with Crippen molar-refractivity contribution < 1.29 is 0 Å². The molecule has 0 bridgehead atoms. The molecule has 3 nitrogen and oxygen atoms in total. The van der Waals surface area contributed by atoms with Crippen LogP contribution in [0, 0.1) is 11.3 Å². The van der Waals surface area contributed by atoms with Crippen molar-refractivity contribution >= 4 is 0 Å². The summed E-state index contributed by atoms with van der Waals surface area (Å²) in [6.45, 7) is 12.6. The fraction of sp³-hybridized carbons (Fsp3) is 0.812. The maximum Gasteiger partial charge on any atom is 0.107 e. The number of rotatable bonds is 8. The van der Waals surface area contributed by atoms with Gasteiger partial charge in [0.25, 0.3) is 0 Å². The largest absolute Gasteiger partial charge is 0.349 e. The number of hydrogen-bond donors (Lipinski definition) is 2. The minimum absolute atomic E-state index is 0.416. The highest BCUT2D eigenvalue weighted by molar-refractivity contribution is 4.91. The first-order valence-corrected chi connectivity index (χ1v) is 7.62. The second-order valence-corrected chi connectivity index (χ2v) is 7.00. The van der Waals surface area contributed by atoms with Crippen LogP contribution in [0.4, 0.5) is 0 Å². The van der Waals surface area contributed by atoms with Crippen LogP contribution in [0.5, 0.6) is 0 Å². The average Bonchev–Trinajstić information content (AvgIpc) is 2.75. The van der Waals surface area contributed by atoms with E-state index in [-0.39, 0.29) is 0 Å². The lowest BCUT2D eigenvalue weighted by molar-refractivity contribution is 0.273. The summed E-state index contributed by atoms with van der Waals surface area (Å²) in [7, 11) is 0.